The second kappa shape index (κ2) is 9.20. The molecule has 4 nitrogen and oxygen atoms in total. The number of pyridine rings is 1. The van der Waals surface area contributed by atoms with E-state index in [4.69, 9.17) is 12.2 Å². The van der Waals surface area contributed by atoms with Gasteiger partial charge in [0.05, 0.1) is 11.9 Å². The molecule has 1 aromatic carbocycles. The third-order valence-electron chi connectivity index (χ3n) is 2.35. The van der Waals surface area contributed by atoms with Crippen molar-refractivity contribution in [2.24, 2.45) is 5.10 Å². The van der Waals surface area contributed by atoms with Gasteiger partial charge in [0.2, 0.25) is 0 Å². The molecule has 0 aliphatic heterocycles. The second-order valence-corrected chi connectivity index (χ2v) is 4.20. The molecule has 2 N–H and O–H groups in total. The summed E-state index contributed by atoms with van der Waals surface area (Å²) < 4.78 is 0. The molecule has 0 saturated heterocycles. The first-order valence-electron chi connectivity index (χ1n) is 5.86. The van der Waals surface area contributed by atoms with Gasteiger partial charge in [-0.25, -0.2) is 0 Å². The average molecular weight is 334 g/mol. The summed E-state index contributed by atoms with van der Waals surface area (Å²) in [5, 5.41) is 7.57. The third kappa shape index (κ3) is 5.93. The van der Waals surface area contributed by atoms with E-state index in [-0.39, 0.29) is 17.1 Å². The molecule has 0 atom stereocenters. The predicted molar refractivity (Wildman–Crippen MR) is 80.8 cm³/mol. The van der Waals surface area contributed by atoms with E-state index in [0.29, 0.717) is 11.7 Å². The Kier molecular flexibility index (Phi) is 7.50. The van der Waals surface area contributed by atoms with Crippen molar-refractivity contribution in [2.45, 2.75) is 6.54 Å². The first-order valence-corrected chi connectivity index (χ1v) is 6.27. The molecule has 0 fully saturated rings. The molecule has 0 unspecified atom stereocenters. The molecule has 0 bridgehead atoms. The van der Waals surface area contributed by atoms with Crippen LogP contribution in [0.1, 0.15) is 11.3 Å². The van der Waals surface area contributed by atoms with Crippen molar-refractivity contribution in [1.29, 1.82) is 0 Å². The fourth-order valence-electron chi connectivity index (χ4n) is 1.43. The quantitative estimate of drug-likeness (QED) is 0.389. The van der Waals surface area contributed by atoms with Crippen molar-refractivity contribution in [1.82, 2.24) is 15.7 Å². The van der Waals surface area contributed by atoms with Crippen molar-refractivity contribution in [2.75, 3.05) is 0 Å². The summed E-state index contributed by atoms with van der Waals surface area (Å²) >= 11 is 5.11. The van der Waals surface area contributed by atoms with Crippen LogP contribution in [0.15, 0.2) is 59.8 Å². The molecule has 1 aromatic heterocycles. The van der Waals surface area contributed by atoms with Crippen LogP contribution in [0.5, 0.6) is 0 Å². The van der Waals surface area contributed by atoms with Gasteiger partial charge in [0.25, 0.3) is 0 Å². The molecule has 6 heteroatoms. The Bertz CT molecular complexity index is 546. The first-order chi connectivity index (χ1) is 9.34. The Morgan fingerprint density at radius 1 is 1.15 bits per heavy atom. The molecule has 1 heterocycles. The standard InChI is InChI=1S/C14H14N4S.Cu/c19-14(16-10-12-6-2-1-3-7-12)18-17-11-13-8-4-5-9-15-13;/h1-9,11H,10H2,(H2,16,18,19);/q;+2. The summed E-state index contributed by atoms with van der Waals surface area (Å²) in [5.41, 5.74) is 4.70. The zero-order valence-corrected chi connectivity index (χ0v) is 12.3. The maximum absolute atomic E-state index is 5.11. The van der Waals surface area contributed by atoms with Gasteiger partial charge in [0.15, 0.2) is 5.11 Å². The normalized spacial score (nSPS) is 9.80. The molecule has 0 amide bonds. The number of nitrogens with one attached hydrogen (secondary N) is 2. The molecule has 0 spiro atoms. The maximum Gasteiger partial charge on any atom is 2.00 e. The van der Waals surface area contributed by atoms with Gasteiger partial charge < -0.3 is 5.32 Å². The van der Waals surface area contributed by atoms with E-state index in [2.05, 4.69) is 20.8 Å². The fourth-order valence-corrected chi connectivity index (χ4v) is 1.55. The van der Waals surface area contributed by atoms with Crippen molar-refractivity contribution in [3.8, 4) is 0 Å². The monoisotopic (exact) mass is 333 g/mol. The van der Waals surface area contributed by atoms with Gasteiger partial charge in [0, 0.05) is 12.7 Å². The van der Waals surface area contributed by atoms with E-state index in [1.165, 1.54) is 5.56 Å². The zero-order chi connectivity index (χ0) is 13.3. The summed E-state index contributed by atoms with van der Waals surface area (Å²) in [6.45, 7) is 0.672. The topological polar surface area (TPSA) is 49.3 Å². The zero-order valence-electron chi connectivity index (χ0n) is 10.6. The van der Waals surface area contributed by atoms with Crippen molar-refractivity contribution in [3.05, 3.63) is 66.0 Å². The van der Waals surface area contributed by atoms with Crippen molar-refractivity contribution >= 4 is 23.5 Å². The SMILES string of the molecule is S=C(NCc1ccccc1)NN=Cc1ccccn1.[Cu+2]. The van der Waals surface area contributed by atoms with Crippen LogP contribution in [0.3, 0.4) is 0 Å². The molecule has 0 saturated carbocycles. The Hall–Kier alpha value is -1.75. The predicted octanol–water partition coefficient (Wildman–Crippen LogP) is 2.08. The molecule has 0 aliphatic carbocycles. The van der Waals surface area contributed by atoms with Crippen LogP contribution in [-0.4, -0.2) is 16.3 Å². The molecule has 0 aliphatic rings. The number of hydrazone groups is 1. The van der Waals surface area contributed by atoms with E-state index < -0.39 is 0 Å². The van der Waals surface area contributed by atoms with Crippen LogP contribution >= 0.6 is 12.2 Å². The Morgan fingerprint density at radius 2 is 1.90 bits per heavy atom. The van der Waals surface area contributed by atoms with E-state index in [9.17, 15) is 0 Å². The number of hydrogen-bond acceptors (Lipinski definition) is 3. The van der Waals surface area contributed by atoms with Gasteiger partial charge in [-0.1, -0.05) is 36.4 Å². The Labute approximate surface area is 134 Å². The average Bonchev–Trinajstić information content (AvgIpc) is 2.47. The summed E-state index contributed by atoms with van der Waals surface area (Å²) in [7, 11) is 0. The number of hydrogen-bond donors (Lipinski definition) is 2. The number of nitrogens with zero attached hydrogens (tertiary/aromatic N) is 2. The molecule has 1 radical (unpaired) electrons. The summed E-state index contributed by atoms with van der Waals surface area (Å²) in [4.78, 5) is 4.12. The van der Waals surface area contributed by atoms with E-state index >= 15 is 0 Å². The number of rotatable bonds is 4. The summed E-state index contributed by atoms with van der Waals surface area (Å²) in [5.74, 6) is 0. The fraction of sp³-hybridized carbons (Fsp3) is 0.0714. The van der Waals surface area contributed by atoms with Crippen LogP contribution in [0.25, 0.3) is 0 Å². The third-order valence-corrected chi connectivity index (χ3v) is 2.58. The smallest absolute Gasteiger partial charge is 0.357 e. The van der Waals surface area contributed by atoms with Crippen LogP contribution in [0.4, 0.5) is 0 Å². The summed E-state index contributed by atoms with van der Waals surface area (Å²) in [6.07, 6.45) is 3.34. The van der Waals surface area contributed by atoms with Crippen molar-refractivity contribution in [3.63, 3.8) is 0 Å². The van der Waals surface area contributed by atoms with Crippen LogP contribution in [0.2, 0.25) is 0 Å². The largest absolute Gasteiger partial charge is 2.00 e. The Balaban J connectivity index is 0.00000200. The first kappa shape index (κ1) is 16.3. The van der Waals surface area contributed by atoms with E-state index in [1.54, 1.807) is 12.4 Å². The Morgan fingerprint density at radius 3 is 2.60 bits per heavy atom. The van der Waals surface area contributed by atoms with E-state index in [1.807, 2.05) is 48.5 Å². The summed E-state index contributed by atoms with van der Waals surface area (Å²) in [6, 6.07) is 15.7. The number of benzene rings is 1. The molecule has 2 rings (SSSR count). The van der Waals surface area contributed by atoms with Gasteiger partial charge in [0.1, 0.15) is 0 Å². The second-order valence-electron chi connectivity index (χ2n) is 3.79. The van der Waals surface area contributed by atoms with Gasteiger partial charge in [-0.15, -0.1) is 0 Å². The van der Waals surface area contributed by atoms with Gasteiger partial charge in [-0.3, -0.25) is 10.4 Å². The van der Waals surface area contributed by atoms with E-state index in [0.717, 1.165) is 5.69 Å². The molecular formula is C14H14CuN4S+2. The van der Waals surface area contributed by atoms with Gasteiger partial charge in [-0.2, -0.15) is 5.10 Å². The molecule has 105 valence electrons. The minimum absolute atomic E-state index is 0. The minimum Gasteiger partial charge on any atom is -0.357 e. The minimum atomic E-state index is 0. The van der Waals surface area contributed by atoms with Crippen molar-refractivity contribution < 1.29 is 17.1 Å². The van der Waals surface area contributed by atoms with Crippen LogP contribution < -0.4 is 10.7 Å². The van der Waals surface area contributed by atoms with Gasteiger partial charge >= 0.3 is 17.1 Å². The maximum atomic E-state index is 5.11. The number of aromatic nitrogens is 1. The molecule has 20 heavy (non-hydrogen) atoms. The van der Waals surface area contributed by atoms with Crippen LogP contribution in [0, 0.1) is 0 Å². The van der Waals surface area contributed by atoms with Gasteiger partial charge in [-0.05, 0) is 29.9 Å². The number of thiocarbonyl (C=S) groups is 1. The van der Waals surface area contributed by atoms with Crippen LogP contribution in [-0.2, 0) is 23.6 Å². The molecule has 2 aromatic rings. The molecular weight excluding hydrogens is 320 g/mol.